The summed E-state index contributed by atoms with van der Waals surface area (Å²) in [5, 5.41) is 10.7. The molecule has 1 aliphatic rings. The Hall–Kier alpha value is -2.95. The van der Waals surface area contributed by atoms with Crippen LogP contribution in [0.2, 0.25) is 0 Å². The van der Waals surface area contributed by atoms with Gasteiger partial charge in [0.25, 0.3) is 5.69 Å². The number of rotatable bonds is 7. The first-order chi connectivity index (χ1) is 12.7. The molecule has 1 aliphatic heterocycles. The molecule has 0 spiro atoms. The van der Waals surface area contributed by atoms with Crippen LogP contribution in [0.25, 0.3) is 6.08 Å². The highest BCUT2D eigenvalue weighted by Gasteiger charge is 2.13. The Labute approximate surface area is 153 Å². The van der Waals surface area contributed by atoms with Crippen LogP contribution >= 0.6 is 0 Å². The van der Waals surface area contributed by atoms with Gasteiger partial charge in [-0.05, 0) is 60.4 Å². The van der Waals surface area contributed by atoms with Crippen molar-refractivity contribution in [1.29, 1.82) is 0 Å². The Bertz CT molecular complexity index is 839. The van der Waals surface area contributed by atoms with Gasteiger partial charge >= 0.3 is 0 Å². The van der Waals surface area contributed by atoms with Crippen LogP contribution in [0.5, 0.6) is 5.75 Å². The predicted molar refractivity (Wildman–Crippen MR) is 104 cm³/mol. The van der Waals surface area contributed by atoms with E-state index in [2.05, 4.69) is 24.0 Å². The summed E-state index contributed by atoms with van der Waals surface area (Å²) in [6, 6.07) is 12.7. The molecule has 5 heteroatoms. The molecule has 0 atom stereocenters. The lowest BCUT2D eigenvalue weighted by atomic mass is 9.96. The molecule has 2 aromatic rings. The third-order valence-corrected chi connectivity index (χ3v) is 4.32. The number of hydrogen-bond acceptors (Lipinski definition) is 4. The fourth-order valence-corrected chi connectivity index (χ4v) is 2.86. The van der Waals surface area contributed by atoms with Crippen LogP contribution in [0.3, 0.4) is 0 Å². The van der Waals surface area contributed by atoms with Gasteiger partial charge in [0, 0.05) is 24.2 Å². The maximum Gasteiger partial charge on any atom is 0.269 e. The van der Waals surface area contributed by atoms with E-state index >= 15 is 0 Å². The highest BCUT2D eigenvalue weighted by atomic mass is 16.6. The fraction of sp³-hybridized carbons (Fsp3) is 0.286. The first kappa shape index (κ1) is 17.9. The third kappa shape index (κ3) is 4.36. The van der Waals surface area contributed by atoms with E-state index in [1.165, 1.54) is 17.7 Å². The Morgan fingerprint density at radius 2 is 2.00 bits per heavy atom. The second-order valence-electron chi connectivity index (χ2n) is 6.22. The fourth-order valence-electron chi connectivity index (χ4n) is 2.86. The normalized spacial score (nSPS) is 13.3. The van der Waals surface area contributed by atoms with Gasteiger partial charge in [0.15, 0.2) is 0 Å². The summed E-state index contributed by atoms with van der Waals surface area (Å²) in [6.45, 7) is 3.65. The topological polar surface area (TPSA) is 64.7 Å². The van der Waals surface area contributed by atoms with Crippen LogP contribution < -0.4 is 4.74 Å². The Morgan fingerprint density at radius 3 is 2.73 bits per heavy atom. The van der Waals surface area contributed by atoms with Crippen molar-refractivity contribution in [3.05, 3.63) is 75.3 Å². The minimum absolute atomic E-state index is 0.0955. The van der Waals surface area contributed by atoms with Crippen LogP contribution in [-0.2, 0) is 6.42 Å². The molecule has 3 rings (SSSR count). The quantitative estimate of drug-likeness (QED) is 0.408. The highest BCUT2D eigenvalue weighted by molar-refractivity contribution is 6.12. The summed E-state index contributed by atoms with van der Waals surface area (Å²) >= 11 is 0. The van der Waals surface area contributed by atoms with Gasteiger partial charge in [-0.2, -0.15) is 0 Å². The van der Waals surface area contributed by atoms with Crippen LogP contribution in [-0.4, -0.2) is 23.8 Å². The molecule has 1 heterocycles. The first-order valence-electron chi connectivity index (χ1n) is 8.90. The molecule has 0 aliphatic carbocycles. The number of nitro groups is 1. The van der Waals surface area contributed by atoms with Crippen LogP contribution in [0, 0.1) is 10.1 Å². The van der Waals surface area contributed by atoms with Gasteiger partial charge in [0.2, 0.25) is 0 Å². The lowest BCUT2D eigenvalue weighted by Crippen LogP contribution is -2.11. The molecule has 0 radical (unpaired) electrons. The molecule has 0 saturated carbocycles. The van der Waals surface area contributed by atoms with E-state index in [0.29, 0.717) is 0 Å². The lowest BCUT2D eigenvalue weighted by molar-refractivity contribution is -0.384. The van der Waals surface area contributed by atoms with Gasteiger partial charge in [-0.3, -0.25) is 15.1 Å². The molecule has 0 aromatic heterocycles. The smallest absolute Gasteiger partial charge is 0.269 e. The van der Waals surface area contributed by atoms with Gasteiger partial charge in [0.1, 0.15) is 5.75 Å². The van der Waals surface area contributed by atoms with E-state index in [4.69, 9.17) is 4.74 Å². The predicted octanol–water partition coefficient (Wildman–Crippen LogP) is 4.83. The van der Waals surface area contributed by atoms with Crippen molar-refractivity contribution in [2.75, 3.05) is 13.2 Å². The molecular formula is C21H22N2O3. The highest BCUT2D eigenvalue weighted by Crippen LogP contribution is 2.23. The van der Waals surface area contributed by atoms with E-state index in [1.807, 2.05) is 18.2 Å². The third-order valence-electron chi connectivity index (χ3n) is 4.32. The maximum atomic E-state index is 10.7. The summed E-state index contributed by atoms with van der Waals surface area (Å²) in [5.74, 6) is 0.915. The number of aliphatic imine (C=N–C) groups is 1. The molecule has 2 aromatic carbocycles. The summed E-state index contributed by atoms with van der Waals surface area (Å²) in [5.41, 5.74) is 4.31. The zero-order valence-electron chi connectivity index (χ0n) is 14.9. The summed E-state index contributed by atoms with van der Waals surface area (Å²) in [7, 11) is 0. The van der Waals surface area contributed by atoms with Crippen molar-refractivity contribution in [2.24, 2.45) is 4.99 Å². The molecular weight excluding hydrogens is 328 g/mol. The number of hydrogen-bond donors (Lipinski definition) is 0. The number of non-ortho nitro benzene ring substituents is 1. The zero-order chi connectivity index (χ0) is 18.4. The molecule has 26 heavy (non-hydrogen) atoms. The Balaban J connectivity index is 1.74. The van der Waals surface area contributed by atoms with Crippen molar-refractivity contribution in [3.8, 4) is 5.75 Å². The minimum atomic E-state index is -0.394. The van der Waals surface area contributed by atoms with E-state index in [1.54, 1.807) is 12.1 Å². The van der Waals surface area contributed by atoms with Crippen molar-refractivity contribution in [3.63, 3.8) is 0 Å². The van der Waals surface area contributed by atoms with Gasteiger partial charge in [0.05, 0.1) is 17.2 Å². The summed E-state index contributed by atoms with van der Waals surface area (Å²) in [6.07, 6.45) is 6.99. The number of allylic oxidation sites excluding steroid dienone is 1. The number of nitrogens with zero attached hydrogens (tertiary/aromatic N) is 2. The minimum Gasteiger partial charge on any atom is -0.494 e. The zero-order valence-corrected chi connectivity index (χ0v) is 14.9. The van der Waals surface area contributed by atoms with E-state index in [9.17, 15) is 10.1 Å². The second-order valence-corrected chi connectivity index (χ2v) is 6.22. The second kappa shape index (κ2) is 8.43. The summed E-state index contributed by atoms with van der Waals surface area (Å²) in [4.78, 5) is 14.9. The Kier molecular flexibility index (Phi) is 5.79. The molecule has 5 nitrogen and oxygen atoms in total. The first-order valence-corrected chi connectivity index (χ1v) is 8.90. The largest absolute Gasteiger partial charge is 0.494 e. The van der Waals surface area contributed by atoms with Crippen molar-refractivity contribution in [2.45, 2.75) is 26.2 Å². The van der Waals surface area contributed by atoms with E-state index in [0.717, 1.165) is 55.0 Å². The van der Waals surface area contributed by atoms with E-state index in [-0.39, 0.29) is 5.69 Å². The van der Waals surface area contributed by atoms with Crippen molar-refractivity contribution in [1.82, 2.24) is 0 Å². The van der Waals surface area contributed by atoms with Gasteiger partial charge in [-0.15, -0.1) is 0 Å². The number of unbranched alkanes of at least 4 members (excludes halogenated alkanes) is 1. The molecule has 0 fully saturated rings. The van der Waals surface area contributed by atoms with E-state index < -0.39 is 4.92 Å². The van der Waals surface area contributed by atoms with Crippen molar-refractivity contribution >= 4 is 17.5 Å². The molecule has 0 bridgehead atoms. The number of nitro benzene ring substituents is 1. The van der Waals surface area contributed by atoms with Crippen LogP contribution in [0.15, 0.2) is 53.5 Å². The van der Waals surface area contributed by atoms with Gasteiger partial charge in [-0.1, -0.05) is 19.4 Å². The summed E-state index contributed by atoms with van der Waals surface area (Å²) < 4.78 is 5.79. The average Bonchev–Trinajstić information content (AvgIpc) is 2.66. The number of fused-ring (bicyclic) bond motifs is 1. The lowest BCUT2D eigenvalue weighted by Gasteiger charge is -2.16. The molecule has 0 N–H and O–H groups in total. The number of benzene rings is 2. The Morgan fingerprint density at radius 1 is 1.19 bits per heavy atom. The van der Waals surface area contributed by atoms with Crippen molar-refractivity contribution < 1.29 is 9.66 Å². The SMILES string of the molecule is CCCCOc1ccc2c(c1)CCN=C2/C=C/c1ccc([N+](=O)[O-])cc1. The standard InChI is InChI=1S/C21H22N2O3/c1-2-3-14-26-19-9-10-20-17(15-19)12-13-22-21(20)11-6-16-4-7-18(8-5-16)23(24)25/h4-11,15H,2-3,12-14H2,1H3/b11-6+. The average molecular weight is 350 g/mol. The number of ether oxygens (including phenoxy) is 1. The molecule has 0 amide bonds. The maximum absolute atomic E-state index is 10.7. The van der Waals surface area contributed by atoms with Gasteiger partial charge < -0.3 is 4.74 Å². The van der Waals surface area contributed by atoms with Crippen LogP contribution in [0.4, 0.5) is 5.69 Å². The van der Waals surface area contributed by atoms with Gasteiger partial charge in [-0.25, -0.2) is 0 Å². The molecule has 0 saturated heterocycles. The molecule has 0 unspecified atom stereocenters. The molecule has 134 valence electrons. The van der Waals surface area contributed by atoms with Crippen LogP contribution in [0.1, 0.15) is 36.5 Å². The monoisotopic (exact) mass is 350 g/mol.